The largest absolute Gasteiger partial charge is 0.367 e. The molecule has 14 heterocycles. The highest BCUT2D eigenvalue weighted by atomic mass is 32.1. The molecule has 0 aliphatic carbocycles. The first-order valence-corrected chi connectivity index (χ1v) is 44.0. The maximum Gasteiger partial charge on any atom is 0.280 e. The van der Waals surface area contributed by atoms with Crippen LogP contribution in [0.1, 0.15) is 109 Å². The van der Waals surface area contributed by atoms with Crippen LogP contribution >= 0.6 is 56.7 Å². The number of thiophene rings is 4. The topological polar surface area (TPSA) is 275 Å². The Bertz CT molecular complexity index is 6740. The van der Waals surface area contributed by atoms with Crippen molar-refractivity contribution >= 4 is 140 Å². The molecule has 630 valence electrons. The van der Waals surface area contributed by atoms with Gasteiger partial charge in [-0.15, -0.1) is 56.7 Å². The number of nitrogens with zero attached hydrogens (tertiary/aromatic N) is 16. The number of piperazine rings is 2. The Kier molecular flexibility index (Phi) is 25.7. The van der Waals surface area contributed by atoms with Crippen molar-refractivity contribution in [2.24, 2.45) is 5.92 Å². The van der Waals surface area contributed by atoms with Gasteiger partial charge in [0.2, 0.25) is 11.9 Å². The van der Waals surface area contributed by atoms with Gasteiger partial charge in [0, 0.05) is 133 Å². The predicted octanol–water partition coefficient (Wildman–Crippen LogP) is 15.6. The fourth-order valence-electron chi connectivity index (χ4n) is 14.9. The lowest BCUT2D eigenvalue weighted by atomic mass is 9.94. The molecule has 1 N–H and O–H groups in total. The maximum atomic E-state index is 13.5. The third-order valence-electron chi connectivity index (χ3n) is 21.8. The molecule has 4 aromatic carbocycles. The van der Waals surface area contributed by atoms with Crippen LogP contribution in [0.25, 0.3) is 65.8 Å². The highest BCUT2D eigenvalue weighted by molar-refractivity contribution is 7.14. The zero-order valence-corrected chi connectivity index (χ0v) is 72.3. The lowest BCUT2D eigenvalue weighted by molar-refractivity contribution is 0.0676. The van der Waals surface area contributed by atoms with Crippen molar-refractivity contribution in [3.05, 3.63) is 284 Å². The molecule has 3 saturated heterocycles. The van der Waals surface area contributed by atoms with Gasteiger partial charge in [-0.2, -0.15) is 47.9 Å². The average molecular weight is 1760 g/mol. The normalized spacial score (nSPS) is 13.7. The van der Waals surface area contributed by atoms with Crippen molar-refractivity contribution < 1.29 is 36.7 Å². The predicted molar refractivity (Wildman–Crippen MR) is 477 cm³/mol. The number of hydrogen-bond acceptors (Lipinski definition) is 22. The van der Waals surface area contributed by atoms with Crippen molar-refractivity contribution in [2.75, 3.05) is 87.2 Å². The zero-order valence-electron chi connectivity index (χ0n) is 68.2. The third-order valence-corrected chi connectivity index (χ3v) is 26.3. The Hall–Kier alpha value is -12.6. The number of carbonyl (C=O) groups excluding carboxylic acids is 4. The monoisotopic (exact) mass is 1750 g/mol. The molecule has 4 amide bonds. The molecule has 3 fully saturated rings. The Morgan fingerprint density at radius 1 is 0.398 bits per heavy atom. The zero-order chi connectivity index (χ0) is 86.6. The number of rotatable bonds is 14. The van der Waals surface area contributed by atoms with Crippen LogP contribution in [0.2, 0.25) is 0 Å². The summed E-state index contributed by atoms with van der Waals surface area (Å²) in [6, 6.07) is 37.6. The summed E-state index contributed by atoms with van der Waals surface area (Å²) in [5, 5.41) is 34.0. The van der Waals surface area contributed by atoms with E-state index in [0.29, 0.717) is 155 Å². The number of amides is 4. The number of aryl methyl sites for hydroxylation is 8. The minimum absolute atomic E-state index is 0.122. The first-order chi connectivity index (χ1) is 59.3. The number of piperidine rings is 1. The molecule has 0 atom stereocenters. The summed E-state index contributed by atoms with van der Waals surface area (Å²) in [4.78, 5) is 130. The summed E-state index contributed by atoms with van der Waals surface area (Å²) in [6.45, 7) is 19.7. The molecule has 0 spiro atoms. The van der Waals surface area contributed by atoms with Gasteiger partial charge in [-0.25, -0.2) is 19.3 Å². The standard InChI is InChI=1S/2C24H22FN5O2S.C22H24FN3O2S.C19H15FN4O2S2/c1-15-3-5-17(6-4-15)30-23(31)21-16(2)33-14-19(21)22(27-30)24(32)29-11-9-28(10-12-29)18-7-8-20(25)26-13-18;1-15-6-8-17(9-7-15)30-23(31)21-16(2)33-14-18(21)22(27-30)24(32)29-12-10-28(11-13-29)20-5-3-4-19(25)26-20;1-14-3-5-17(6-4-14)26-21(27)19-15(2)29-13-18(19)20(24-26)22(28)25-11-8-16(7-10-23)9-12-25;1-10-3-5-13(6-4-10)24-18(26)15-11(2)27-9-14(15)16(23-24)17(25)22-19-21-12(7-20)8-28-19/h3-8,13-14H,9-12H2,1-2H3;3-9,14H,10-13H2,1-2H3;3-6,13,16H,7-12H2,1-2H3;3-6,8-9H,7H2,1-2H3,(H,21,22,25). The molecule has 0 unspecified atom stereocenters. The van der Waals surface area contributed by atoms with E-state index in [2.05, 4.69) is 45.6 Å². The number of anilines is 3. The van der Waals surface area contributed by atoms with E-state index in [9.17, 15) is 55.9 Å². The van der Waals surface area contributed by atoms with Crippen molar-refractivity contribution in [2.45, 2.75) is 81.3 Å². The summed E-state index contributed by atoms with van der Waals surface area (Å²) in [7, 11) is 0. The number of fused-ring (bicyclic) bond motifs is 4. The molecule has 0 radical (unpaired) electrons. The summed E-state index contributed by atoms with van der Waals surface area (Å²) >= 11 is 6.87. The number of thiazole rings is 1. The quantitative estimate of drug-likeness (QED) is 0.0782. The molecule has 34 heteroatoms. The fraction of sp³-hybridized carbons (Fsp3) is 0.270. The van der Waals surface area contributed by atoms with Crippen LogP contribution in [-0.4, -0.2) is 165 Å². The number of halogens is 4. The summed E-state index contributed by atoms with van der Waals surface area (Å²) < 4.78 is 57.2. The number of likely N-dealkylation sites (tertiary alicyclic amines) is 1. The van der Waals surface area contributed by atoms with Crippen LogP contribution in [0.4, 0.5) is 34.2 Å². The number of pyridine rings is 2. The van der Waals surface area contributed by atoms with E-state index < -0.39 is 24.5 Å². The van der Waals surface area contributed by atoms with Gasteiger partial charge in [-0.05, 0) is 153 Å². The van der Waals surface area contributed by atoms with E-state index >= 15 is 0 Å². The lowest BCUT2D eigenvalue weighted by Crippen LogP contribution is -2.49. The van der Waals surface area contributed by atoms with E-state index in [0.717, 1.165) is 71.6 Å². The molecule has 123 heavy (non-hydrogen) atoms. The maximum absolute atomic E-state index is 13.5. The van der Waals surface area contributed by atoms with Crippen LogP contribution in [0.15, 0.2) is 180 Å². The number of aromatic nitrogens is 11. The number of benzene rings is 4. The van der Waals surface area contributed by atoms with E-state index in [4.69, 9.17) is 0 Å². The summed E-state index contributed by atoms with van der Waals surface area (Å²) in [6.07, 6.45) is 3.67. The fourth-order valence-corrected chi connectivity index (χ4v) is 19.0. The van der Waals surface area contributed by atoms with Gasteiger partial charge in [0.05, 0.1) is 68.5 Å². The van der Waals surface area contributed by atoms with E-state index in [-0.39, 0.29) is 74.5 Å². The highest BCUT2D eigenvalue weighted by Gasteiger charge is 2.33. The molecular weight excluding hydrogens is 1670 g/mol. The molecular formula is C89H83F4N17O8S5. The SMILES string of the molecule is Cc1ccc(-n2nc(C(=O)N3CCC(CCF)CC3)c3csc(C)c3c2=O)cc1.Cc1ccc(-n2nc(C(=O)N3CCN(c4ccc(F)nc4)CC3)c3csc(C)c3c2=O)cc1.Cc1ccc(-n2nc(C(=O)N3CCN(c4cccc(F)n4)CC3)c3csc(C)c3c2=O)cc1.Cc1ccc(-n2nc(C(=O)Nc3nc(CF)cs3)c3csc(C)c3c2=O)cc1. The van der Waals surface area contributed by atoms with Gasteiger partial charge in [0.1, 0.15) is 12.5 Å². The summed E-state index contributed by atoms with van der Waals surface area (Å²) in [5.74, 6) is -1.22. The van der Waals surface area contributed by atoms with Crippen LogP contribution in [-0.2, 0) is 6.67 Å². The highest BCUT2D eigenvalue weighted by Crippen LogP contribution is 2.33. The third kappa shape index (κ3) is 18.2. The van der Waals surface area contributed by atoms with Crippen molar-refractivity contribution in [3.8, 4) is 22.7 Å². The Morgan fingerprint density at radius 3 is 1.11 bits per heavy atom. The second-order valence-corrected chi connectivity index (χ2v) is 35.3. The molecule has 25 nitrogen and oxygen atoms in total. The Labute approximate surface area is 722 Å². The van der Waals surface area contributed by atoms with E-state index in [1.807, 2.05) is 161 Å². The van der Waals surface area contributed by atoms with Gasteiger partial charge in [-0.3, -0.25) is 48.1 Å². The van der Waals surface area contributed by atoms with Gasteiger partial charge in [-0.1, -0.05) is 76.9 Å². The van der Waals surface area contributed by atoms with Crippen LogP contribution in [0.3, 0.4) is 0 Å². The number of alkyl halides is 2. The second kappa shape index (κ2) is 37.0. The van der Waals surface area contributed by atoms with E-state index in [1.165, 1.54) is 82.4 Å². The molecule has 18 rings (SSSR count). The van der Waals surface area contributed by atoms with Gasteiger partial charge >= 0.3 is 0 Å². The van der Waals surface area contributed by atoms with Gasteiger partial charge < -0.3 is 24.5 Å². The molecule has 0 bridgehead atoms. The van der Waals surface area contributed by atoms with Crippen LogP contribution in [0.5, 0.6) is 0 Å². The van der Waals surface area contributed by atoms with Crippen LogP contribution < -0.4 is 37.4 Å². The smallest absolute Gasteiger partial charge is 0.280 e. The molecule has 3 aliphatic rings. The van der Waals surface area contributed by atoms with Crippen LogP contribution in [0, 0.1) is 73.2 Å². The first kappa shape index (κ1) is 85.4. The Morgan fingerprint density at radius 2 is 0.756 bits per heavy atom. The van der Waals surface area contributed by atoms with Gasteiger partial charge in [0.15, 0.2) is 27.9 Å². The molecule has 3 aliphatic heterocycles. The summed E-state index contributed by atoms with van der Waals surface area (Å²) in [5.41, 5.74) is 7.88. The van der Waals surface area contributed by atoms with E-state index in [1.54, 1.807) is 55.8 Å². The number of hydrogen-bond donors (Lipinski definition) is 1. The van der Waals surface area contributed by atoms with Crippen molar-refractivity contribution in [3.63, 3.8) is 0 Å². The Balaban J connectivity index is 0.000000127. The lowest BCUT2D eigenvalue weighted by Gasteiger charge is -2.35. The molecule has 0 saturated carbocycles. The minimum Gasteiger partial charge on any atom is -0.367 e. The average Bonchev–Trinajstić information content (AvgIpc) is 1.68. The second-order valence-electron chi connectivity index (χ2n) is 30.1. The first-order valence-electron chi connectivity index (χ1n) is 39.6. The van der Waals surface area contributed by atoms with Crippen molar-refractivity contribution in [1.82, 2.24) is 68.8 Å². The number of nitrogens with one attached hydrogen (secondary N) is 1. The van der Waals surface area contributed by atoms with Gasteiger partial charge in [0.25, 0.3) is 45.9 Å². The minimum atomic E-state index is -0.698. The number of carbonyl (C=O) groups is 4. The molecule has 11 aromatic heterocycles. The molecule has 15 aromatic rings. The van der Waals surface area contributed by atoms with Crippen molar-refractivity contribution in [1.29, 1.82) is 0 Å².